The second-order valence-electron chi connectivity index (χ2n) is 10.1. The molecule has 2 aromatic rings. The highest BCUT2D eigenvalue weighted by Gasteiger charge is 2.51. The zero-order valence-corrected chi connectivity index (χ0v) is 22.2. The fourth-order valence-corrected chi connectivity index (χ4v) is 6.02. The van der Waals surface area contributed by atoms with Crippen molar-refractivity contribution in [1.29, 1.82) is 0 Å². The lowest BCUT2D eigenvalue weighted by Crippen LogP contribution is -2.38. The van der Waals surface area contributed by atoms with E-state index in [1.807, 2.05) is 31.2 Å². The number of aryl methyl sites for hydroxylation is 2. The Hall–Kier alpha value is -3.08. The second kappa shape index (κ2) is 11.8. The fraction of sp³-hybridized carbons (Fsp3) is 0.481. The van der Waals surface area contributed by atoms with Crippen molar-refractivity contribution in [3.8, 4) is 0 Å². The molecule has 4 rings (SSSR count). The number of hydrogen-bond acceptors (Lipinski definition) is 4. The summed E-state index contributed by atoms with van der Waals surface area (Å²) in [5.74, 6) is -2.04. The minimum absolute atomic E-state index is 0.113. The van der Waals surface area contributed by atoms with Gasteiger partial charge in [-0.1, -0.05) is 43.5 Å². The standard InChI is InChI=1S/C25H32N2O3S.C2HF3O2/c1-18-8-9-19(2)23(16-18)31(29,30)27-22-12-10-21(11-13-22)25(14-15-25)24(28)26-17-20-6-4-3-5-7-20;3-2(4,5)1(6)7/h8-13,16,20,27H,3-7,14-15,17H2,1-2H3,(H,26,28);(H,6,7). The molecule has 2 fully saturated rings. The van der Waals surface area contributed by atoms with E-state index in [0.717, 1.165) is 30.5 Å². The van der Waals surface area contributed by atoms with E-state index in [1.165, 1.54) is 32.1 Å². The maximum Gasteiger partial charge on any atom is 0.490 e. The molecular weight excluding hydrogens is 521 g/mol. The van der Waals surface area contributed by atoms with Crippen LogP contribution in [0.2, 0.25) is 0 Å². The van der Waals surface area contributed by atoms with Gasteiger partial charge < -0.3 is 10.4 Å². The molecule has 2 aliphatic rings. The third-order valence-electron chi connectivity index (χ3n) is 7.03. The minimum atomic E-state index is -5.08. The molecule has 0 aromatic heterocycles. The number of nitrogens with one attached hydrogen (secondary N) is 2. The first-order valence-electron chi connectivity index (χ1n) is 12.5. The summed E-state index contributed by atoms with van der Waals surface area (Å²) in [6.07, 6.45) is 2.88. The van der Waals surface area contributed by atoms with E-state index in [-0.39, 0.29) is 10.8 Å². The van der Waals surface area contributed by atoms with Gasteiger partial charge in [0.2, 0.25) is 5.91 Å². The normalized spacial score (nSPS) is 17.1. The van der Waals surface area contributed by atoms with E-state index in [2.05, 4.69) is 10.0 Å². The van der Waals surface area contributed by atoms with Crippen LogP contribution in [0.4, 0.5) is 18.9 Å². The van der Waals surface area contributed by atoms with Crippen molar-refractivity contribution in [2.45, 2.75) is 75.3 Å². The highest BCUT2D eigenvalue weighted by Crippen LogP contribution is 2.48. The van der Waals surface area contributed by atoms with Crippen LogP contribution in [0.3, 0.4) is 0 Å². The predicted octanol–water partition coefficient (Wildman–Crippen LogP) is 5.47. The van der Waals surface area contributed by atoms with Crippen LogP contribution in [0.15, 0.2) is 47.4 Å². The van der Waals surface area contributed by atoms with Gasteiger partial charge in [-0.3, -0.25) is 9.52 Å². The molecule has 11 heteroatoms. The maximum absolute atomic E-state index is 12.9. The average molecular weight is 555 g/mol. The van der Waals surface area contributed by atoms with Crippen LogP contribution in [0, 0.1) is 19.8 Å². The SMILES string of the molecule is Cc1ccc(C)c(S(=O)(=O)Nc2ccc(C3(C(=O)NCC4CCCCC4)CC3)cc2)c1.O=C(O)C(F)(F)F. The Balaban J connectivity index is 0.000000505. The zero-order chi connectivity index (χ0) is 28.1. The van der Waals surface area contributed by atoms with Crippen LogP contribution in [0.1, 0.15) is 61.6 Å². The van der Waals surface area contributed by atoms with Gasteiger partial charge in [0.1, 0.15) is 0 Å². The molecule has 2 aliphatic carbocycles. The number of amides is 1. The number of aliphatic carboxylic acids is 1. The van der Waals surface area contributed by atoms with E-state index in [4.69, 9.17) is 9.90 Å². The second-order valence-corrected chi connectivity index (χ2v) is 11.7. The molecule has 0 saturated heterocycles. The topological polar surface area (TPSA) is 113 Å². The van der Waals surface area contributed by atoms with E-state index in [9.17, 15) is 26.4 Å². The van der Waals surface area contributed by atoms with Gasteiger partial charge in [-0.15, -0.1) is 0 Å². The van der Waals surface area contributed by atoms with Crippen LogP contribution in [0.5, 0.6) is 0 Å². The van der Waals surface area contributed by atoms with Gasteiger partial charge >= 0.3 is 12.1 Å². The largest absolute Gasteiger partial charge is 0.490 e. The number of carbonyl (C=O) groups is 2. The van der Waals surface area contributed by atoms with Crippen molar-refractivity contribution in [3.05, 3.63) is 59.2 Å². The molecule has 0 atom stereocenters. The van der Waals surface area contributed by atoms with Crippen molar-refractivity contribution >= 4 is 27.6 Å². The summed E-state index contributed by atoms with van der Waals surface area (Å²) in [7, 11) is -3.67. The number of sulfonamides is 1. The number of carboxylic acids is 1. The fourth-order valence-electron chi connectivity index (χ4n) is 4.63. The van der Waals surface area contributed by atoms with Crippen molar-refractivity contribution in [1.82, 2.24) is 5.32 Å². The monoisotopic (exact) mass is 554 g/mol. The predicted molar refractivity (Wildman–Crippen MR) is 137 cm³/mol. The molecule has 1 amide bonds. The number of halogens is 3. The summed E-state index contributed by atoms with van der Waals surface area (Å²) < 4.78 is 60.1. The van der Waals surface area contributed by atoms with Crippen LogP contribution < -0.4 is 10.0 Å². The molecule has 7 nitrogen and oxygen atoms in total. The van der Waals surface area contributed by atoms with Gasteiger partial charge in [0.25, 0.3) is 10.0 Å². The molecule has 2 aromatic carbocycles. The molecular formula is C27H33F3N2O5S. The first kappa shape index (κ1) is 29.5. The first-order valence-corrected chi connectivity index (χ1v) is 14.0. The van der Waals surface area contributed by atoms with Crippen LogP contribution in [-0.2, 0) is 25.0 Å². The van der Waals surface area contributed by atoms with E-state index in [0.29, 0.717) is 17.2 Å². The van der Waals surface area contributed by atoms with Gasteiger partial charge in [0.05, 0.1) is 10.3 Å². The minimum Gasteiger partial charge on any atom is -0.475 e. The maximum atomic E-state index is 12.9. The summed E-state index contributed by atoms with van der Waals surface area (Å²) in [6.45, 7) is 4.44. The Morgan fingerprint density at radius 1 is 1.00 bits per heavy atom. The van der Waals surface area contributed by atoms with Crippen molar-refractivity contribution in [2.24, 2.45) is 5.92 Å². The third-order valence-corrected chi connectivity index (χ3v) is 8.55. The number of carbonyl (C=O) groups excluding carboxylic acids is 1. The molecule has 0 unspecified atom stereocenters. The summed E-state index contributed by atoms with van der Waals surface area (Å²) in [4.78, 5) is 22.1. The quantitative estimate of drug-likeness (QED) is 0.421. The van der Waals surface area contributed by atoms with Gasteiger partial charge in [-0.05, 0) is 80.3 Å². The summed E-state index contributed by atoms with van der Waals surface area (Å²) in [5, 5.41) is 10.3. The van der Waals surface area contributed by atoms with Crippen molar-refractivity contribution < 1.29 is 36.3 Å². The number of alkyl halides is 3. The Morgan fingerprint density at radius 3 is 2.11 bits per heavy atom. The smallest absolute Gasteiger partial charge is 0.475 e. The molecule has 0 bridgehead atoms. The average Bonchev–Trinajstić information content (AvgIpc) is 3.67. The van der Waals surface area contributed by atoms with Gasteiger partial charge in [-0.25, -0.2) is 13.2 Å². The molecule has 208 valence electrons. The lowest BCUT2D eigenvalue weighted by molar-refractivity contribution is -0.192. The Kier molecular flexibility index (Phi) is 9.12. The number of benzene rings is 2. The number of anilines is 1. The van der Waals surface area contributed by atoms with Gasteiger partial charge in [0, 0.05) is 12.2 Å². The number of rotatable bonds is 7. The summed E-state index contributed by atoms with van der Waals surface area (Å²) in [5.41, 5.74) is 2.63. The zero-order valence-electron chi connectivity index (χ0n) is 21.4. The molecule has 0 aliphatic heterocycles. The first-order chi connectivity index (χ1) is 17.7. The molecule has 0 spiro atoms. The van der Waals surface area contributed by atoms with E-state index >= 15 is 0 Å². The molecule has 0 heterocycles. The number of hydrogen-bond donors (Lipinski definition) is 3. The summed E-state index contributed by atoms with van der Waals surface area (Å²) >= 11 is 0. The molecule has 2 saturated carbocycles. The van der Waals surface area contributed by atoms with Crippen LogP contribution in [0.25, 0.3) is 0 Å². The van der Waals surface area contributed by atoms with Crippen LogP contribution >= 0.6 is 0 Å². The van der Waals surface area contributed by atoms with Crippen LogP contribution in [-0.4, -0.2) is 38.1 Å². The highest BCUT2D eigenvalue weighted by molar-refractivity contribution is 7.92. The summed E-state index contributed by atoms with van der Waals surface area (Å²) in [6, 6.07) is 12.7. The molecule has 3 N–H and O–H groups in total. The molecule has 38 heavy (non-hydrogen) atoms. The lowest BCUT2D eigenvalue weighted by Gasteiger charge is -2.23. The number of carboxylic acid groups (broad SMARTS) is 1. The highest BCUT2D eigenvalue weighted by atomic mass is 32.2. The van der Waals surface area contributed by atoms with Gasteiger partial charge in [0.15, 0.2) is 0 Å². The lowest BCUT2D eigenvalue weighted by atomic mass is 9.88. The Bertz CT molecular complexity index is 1250. The van der Waals surface area contributed by atoms with E-state index in [1.54, 1.807) is 25.1 Å². The Labute approximate surface area is 220 Å². The Morgan fingerprint density at radius 2 is 1.58 bits per heavy atom. The van der Waals surface area contributed by atoms with Gasteiger partial charge in [-0.2, -0.15) is 13.2 Å². The van der Waals surface area contributed by atoms with E-state index < -0.39 is 27.6 Å². The van der Waals surface area contributed by atoms with Crippen molar-refractivity contribution in [2.75, 3.05) is 11.3 Å². The molecule has 0 radical (unpaired) electrons. The van der Waals surface area contributed by atoms with Crippen molar-refractivity contribution in [3.63, 3.8) is 0 Å². The third kappa shape index (κ3) is 7.49.